The van der Waals surface area contributed by atoms with E-state index in [2.05, 4.69) is 16.0 Å². The maximum absolute atomic E-state index is 12.1. The van der Waals surface area contributed by atoms with Gasteiger partial charge in [-0.15, -0.1) is 0 Å². The van der Waals surface area contributed by atoms with Crippen molar-refractivity contribution < 1.29 is 14.3 Å². The molecule has 0 radical (unpaired) electrons. The molecule has 0 heterocycles. The Balaban J connectivity index is 1.94. The summed E-state index contributed by atoms with van der Waals surface area (Å²) in [5.41, 5.74) is 1.77. The number of anilines is 2. The molecular weight excluding hydrogens is 294 g/mol. The van der Waals surface area contributed by atoms with Crippen LogP contribution in [-0.4, -0.2) is 32.2 Å². The predicted octanol–water partition coefficient (Wildman–Crippen LogP) is 2.71. The van der Waals surface area contributed by atoms with Gasteiger partial charge in [-0.1, -0.05) is 24.3 Å². The Morgan fingerprint density at radius 2 is 1.65 bits per heavy atom. The van der Waals surface area contributed by atoms with E-state index >= 15 is 0 Å². The van der Waals surface area contributed by atoms with Crippen molar-refractivity contribution in [2.45, 2.75) is 0 Å². The topological polar surface area (TPSA) is 79.5 Å². The molecule has 0 saturated heterocycles. The smallest absolute Gasteiger partial charge is 0.319 e. The van der Waals surface area contributed by atoms with E-state index in [-0.39, 0.29) is 11.9 Å². The van der Waals surface area contributed by atoms with Crippen molar-refractivity contribution in [3.05, 3.63) is 60.2 Å². The SMILES string of the molecule is COCCNC(=O)Nc1cccc(NC(=O)c2ccccc2)c1. The fraction of sp³-hybridized carbons (Fsp3) is 0.176. The molecule has 2 aromatic rings. The van der Waals surface area contributed by atoms with Crippen LogP contribution in [0.5, 0.6) is 0 Å². The fourth-order valence-corrected chi connectivity index (χ4v) is 1.91. The second-order valence-corrected chi connectivity index (χ2v) is 4.77. The van der Waals surface area contributed by atoms with Crippen LogP contribution < -0.4 is 16.0 Å². The molecule has 120 valence electrons. The lowest BCUT2D eigenvalue weighted by atomic mass is 10.2. The summed E-state index contributed by atoms with van der Waals surface area (Å²) in [6.07, 6.45) is 0. The monoisotopic (exact) mass is 313 g/mol. The minimum absolute atomic E-state index is 0.202. The highest BCUT2D eigenvalue weighted by atomic mass is 16.5. The number of ether oxygens (including phenoxy) is 1. The Morgan fingerprint density at radius 1 is 0.957 bits per heavy atom. The number of rotatable bonds is 6. The van der Waals surface area contributed by atoms with Crippen LogP contribution in [0.15, 0.2) is 54.6 Å². The maximum atomic E-state index is 12.1. The Kier molecular flexibility index (Phi) is 6.14. The molecule has 0 bridgehead atoms. The average Bonchev–Trinajstić information content (AvgIpc) is 2.56. The molecule has 0 unspecified atom stereocenters. The quantitative estimate of drug-likeness (QED) is 0.717. The van der Waals surface area contributed by atoms with Crippen LogP contribution in [0.2, 0.25) is 0 Å². The third-order valence-electron chi connectivity index (χ3n) is 3.01. The summed E-state index contributed by atoms with van der Waals surface area (Å²) in [6.45, 7) is 0.868. The van der Waals surface area contributed by atoms with E-state index in [0.29, 0.717) is 30.1 Å². The van der Waals surface area contributed by atoms with Gasteiger partial charge in [-0.2, -0.15) is 0 Å². The lowest BCUT2D eigenvalue weighted by Crippen LogP contribution is -2.31. The van der Waals surface area contributed by atoms with E-state index in [1.165, 1.54) is 0 Å². The molecule has 0 aromatic heterocycles. The van der Waals surface area contributed by atoms with Crippen molar-refractivity contribution in [3.63, 3.8) is 0 Å². The molecule has 2 aromatic carbocycles. The van der Waals surface area contributed by atoms with Crippen molar-refractivity contribution in [1.82, 2.24) is 5.32 Å². The largest absolute Gasteiger partial charge is 0.383 e. The number of amides is 3. The van der Waals surface area contributed by atoms with Crippen LogP contribution in [-0.2, 0) is 4.74 Å². The summed E-state index contributed by atoms with van der Waals surface area (Å²) in [4.78, 5) is 23.8. The van der Waals surface area contributed by atoms with Gasteiger partial charge in [0, 0.05) is 30.6 Å². The fourth-order valence-electron chi connectivity index (χ4n) is 1.91. The predicted molar refractivity (Wildman–Crippen MR) is 89.7 cm³/mol. The highest BCUT2D eigenvalue weighted by molar-refractivity contribution is 6.04. The van der Waals surface area contributed by atoms with E-state index in [0.717, 1.165) is 0 Å². The van der Waals surface area contributed by atoms with Crippen molar-refractivity contribution in [2.75, 3.05) is 30.9 Å². The zero-order chi connectivity index (χ0) is 16.5. The van der Waals surface area contributed by atoms with Crippen LogP contribution in [0, 0.1) is 0 Å². The van der Waals surface area contributed by atoms with Crippen LogP contribution >= 0.6 is 0 Å². The van der Waals surface area contributed by atoms with Crippen molar-refractivity contribution >= 4 is 23.3 Å². The number of benzene rings is 2. The molecule has 6 nitrogen and oxygen atoms in total. The highest BCUT2D eigenvalue weighted by Crippen LogP contribution is 2.16. The molecule has 0 saturated carbocycles. The van der Waals surface area contributed by atoms with Crippen LogP contribution in [0.3, 0.4) is 0 Å². The van der Waals surface area contributed by atoms with Gasteiger partial charge in [0.2, 0.25) is 0 Å². The Hall–Kier alpha value is -2.86. The number of carbonyl (C=O) groups is 2. The molecule has 0 spiro atoms. The van der Waals surface area contributed by atoms with Gasteiger partial charge in [0.25, 0.3) is 5.91 Å². The number of methoxy groups -OCH3 is 1. The molecule has 0 aliphatic rings. The summed E-state index contributed by atoms with van der Waals surface area (Å²) < 4.78 is 4.86. The standard InChI is InChI=1S/C17H19N3O3/c1-23-11-10-18-17(22)20-15-9-5-8-14(12-15)19-16(21)13-6-3-2-4-7-13/h2-9,12H,10-11H2,1H3,(H,19,21)(H2,18,20,22). The summed E-state index contributed by atoms with van der Waals surface area (Å²) in [5, 5.41) is 8.15. The summed E-state index contributed by atoms with van der Waals surface area (Å²) in [5.74, 6) is -0.202. The minimum Gasteiger partial charge on any atom is -0.383 e. The maximum Gasteiger partial charge on any atom is 0.319 e. The second-order valence-electron chi connectivity index (χ2n) is 4.77. The van der Waals surface area contributed by atoms with E-state index in [9.17, 15) is 9.59 Å². The molecule has 0 aliphatic heterocycles. The van der Waals surface area contributed by atoms with E-state index in [1.807, 2.05) is 6.07 Å². The molecule has 0 atom stereocenters. The lowest BCUT2D eigenvalue weighted by Gasteiger charge is -2.10. The van der Waals surface area contributed by atoms with Crippen LogP contribution in [0.4, 0.5) is 16.2 Å². The molecule has 2 rings (SSSR count). The number of hydrogen-bond acceptors (Lipinski definition) is 3. The van der Waals surface area contributed by atoms with Crippen LogP contribution in [0.1, 0.15) is 10.4 Å². The van der Waals surface area contributed by atoms with Crippen LogP contribution in [0.25, 0.3) is 0 Å². The molecule has 0 fully saturated rings. The number of urea groups is 1. The second kappa shape index (κ2) is 8.55. The number of nitrogens with one attached hydrogen (secondary N) is 3. The van der Waals surface area contributed by atoms with E-state index in [4.69, 9.17) is 4.74 Å². The summed E-state index contributed by atoms with van der Waals surface area (Å²) in [7, 11) is 1.57. The summed E-state index contributed by atoms with van der Waals surface area (Å²) in [6, 6.07) is 15.6. The Bertz CT molecular complexity index is 659. The zero-order valence-electron chi connectivity index (χ0n) is 12.8. The van der Waals surface area contributed by atoms with Crippen molar-refractivity contribution in [2.24, 2.45) is 0 Å². The van der Waals surface area contributed by atoms with Gasteiger partial charge in [0.1, 0.15) is 0 Å². The normalized spacial score (nSPS) is 9.96. The third-order valence-corrected chi connectivity index (χ3v) is 3.01. The first kappa shape index (κ1) is 16.5. The first-order valence-corrected chi connectivity index (χ1v) is 7.19. The zero-order valence-corrected chi connectivity index (χ0v) is 12.8. The molecule has 6 heteroatoms. The molecule has 0 aliphatic carbocycles. The number of carbonyl (C=O) groups excluding carboxylic acids is 2. The van der Waals surface area contributed by atoms with Gasteiger partial charge < -0.3 is 20.7 Å². The third kappa shape index (κ3) is 5.44. The van der Waals surface area contributed by atoms with Gasteiger partial charge >= 0.3 is 6.03 Å². The van der Waals surface area contributed by atoms with E-state index < -0.39 is 0 Å². The minimum atomic E-state index is -0.325. The van der Waals surface area contributed by atoms with Gasteiger partial charge in [0.15, 0.2) is 0 Å². The average molecular weight is 313 g/mol. The van der Waals surface area contributed by atoms with E-state index in [1.54, 1.807) is 55.6 Å². The van der Waals surface area contributed by atoms with Gasteiger partial charge in [-0.3, -0.25) is 4.79 Å². The van der Waals surface area contributed by atoms with Gasteiger partial charge in [-0.25, -0.2) is 4.79 Å². The summed E-state index contributed by atoms with van der Waals surface area (Å²) >= 11 is 0. The first-order valence-electron chi connectivity index (χ1n) is 7.19. The van der Waals surface area contributed by atoms with Gasteiger partial charge in [0.05, 0.1) is 6.61 Å². The van der Waals surface area contributed by atoms with Crippen molar-refractivity contribution in [3.8, 4) is 0 Å². The van der Waals surface area contributed by atoms with Crippen molar-refractivity contribution in [1.29, 1.82) is 0 Å². The number of hydrogen-bond donors (Lipinski definition) is 3. The Morgan fingerprint density at radius 3 is 2.35 bits per heavy atom. The first-order chi connectivity index (χ1) is 11.2. The molecule has 3 N–H and O–H groups in total. The lowest BCUT2D eigenvalue weighted by molar-refractivity contribution is 0.102. The Labute approximate surface area is 134 Å². The molecule has 3 amide bonds. The molecule has 23 heavy (non-hydrogen) atoms. The highest BCUT2D eigenvalue weighted by Gasteiger charge is 2.06. The van der Waals surface area contributed by atoms with Gasteiger partial charge in [-0.05, 0) is 30.3 Å². The molecular formula is C17H19N3O3.